The number of carbonyl (C=O) groups excluding carboxylic acids is 1. The van der Waals surface area contributed by atoms with Crippen molar-refractivity contribution in [3.8, 4) is 5.75 Å². The summed E-state index contributed by atoms with van der Waals surface area (Å²) in [6.07, 6.45) is 0.143. The van der Waals surface area contributed by atoms with Crippen molar-refractivity contribution >= 4 is 40.0 Å². The van der Waals surface area contributed by atoms with E-state index >= 15 is 0 Å². The van der Waals surface area contributed by atoms with Crippen LogP contribution in [0.2, 0.25) is 10.0 Å². The Labute approximate surface area is 96.7 Å². The molecule has 0 atom stereocenters. The molecule has 0 amide bonds. The second-order valence-corrected chi connectivity index (χ2v) is 3.79. The van der Waals surface area contributed by atoms with Crippen LogP contribution >= 0.6 is 34.8 Å². The maximum atomic E-state index is 10.4. The Morgan fingerprint density at radius 1 is 1.36 bits per heavy atom. The van der Waals surface area contributed by atoms with Crippen LogP contribution in [0.1, 0.15) is 6.42 Å². The summed E-state index contributed by atoms with van der Waals surface area (Å²) in [5.41, 5.74) is 0. The first-order valence-electron chi connectivity index (χ1n) is 3.86. The van der Waals surface area contributed by atoms with E-state index in [4.69, 9.17) is 39.5 Å². The minimum atomic E-state index is -0.442. The quantitative estimate of drug-likeness (QED) is 0.767. The van der Waals surface area contributed by atoms with Crippen LogP contribution in [0.5, 0.6) is 5.75 Å². The Balaban J connectivity index is 2.57. The van der Waals surface area contributed by atoms with Crippen LogP contribution in [-0.4, -0.2) is 11.8 Å². The molecule has 0 aliphatic carbocycles. The lowest BCUT2D eigenvalue weighted by atomic mass is 10.3. The third-order valence-electron chi connectivity index (χ3n) is 1.45. The molecule has 0 radical (unpaired) electrons. The first-order chi connectivity index (χ1) is 6.59. The van der Waals surface area contributed by atoms with Gasteiger partial charge in [0.05, 0.1) is 18.1 Å². The molecule has 1 aromatic rings. The zero-order valence-electron chi connectivity index (χ0n) is 7.10. The molecule has 0 N–H and O–H groups in total. The normalized spacial score (nSPS) is 9.93. The van der Waals surface area contributed by atoms with E-state index in [1.165, 1.54) is 0 Å². The summed E-state index contributed by atoms with van der Waals surface area (Å²) in [6, 6.07) is 4.87. The predicted molar refractivity (Wildman–Crippen MR) is 57.4 cm³/mol. The van der Waals surface area contributed by atoms with Crippen LogP contribution in [-0.2, 0) is 4.79 Å². The molecular weight excluding hydrogens is 246 g/mol. The van der Waals surface area contributed by atoms with Crippen LogP contribution < -0.4 is 4.74 Å². The van der Waals surface area contributed by atoms with Gasteiger partial charge in [-0.25, -0.2) is 0 Å². The van der Waals surface area contributed by atoms with Gasteiger partial charge in [-0.15, -0.1) is 0 Å². The summed E-state index contributed by atoms with van der Waals surface area (Å²) in [5, 5.41) is 0.543. The summed E-state index contributed by atoms with van der Waals surface area (Å²) in [4.78, 5) is 10.4. The molecule has 0 bridgehead atoms. The van der Waals surface area contributed by atoms with Crippen molar-refractivity contribution in [2.45, 2.75) is 6.42 Å². The number of carbonyl (C=O) groups is 1. The molecule has 0 unspecified atom stereocenters. The van der Waals surface area contributed by atoms with Crippen molar-refractivity contribution in [2.75, 3.05) is 6.61 Å². The van der Waals surface area contributed by atoms with Crippen molar-refractivity contribution in [3.63, 3.8) is 0 Å². The Kier molecular flexibility index (Phi) is 4.52. The maximum absolute atomic E-state index is 10.4. The summed E-state index contributed by atoms with van der Waals surface area (Å²) in [7, 11) is 0. The molecule has 5 heteroatoms. The van der Waals surface area contributed by atoms with Gasteiger partial charge in [-0.2, -0.15) is 0 Å². The third-order valence-corrected chi connectivity index (χ3v) is 2.19. The molecule has 76 valence electrons. The molecule has 0 saturated heterocycles. The highest BCUT2D eigenvalue weighted by Gasteiger charge is 2.03. The van der Waals surface area contributed by atoms with Gasteiger partial charge >= 0.3 is 0 Å². The largest absolute Gasteiger partial charge is 0.491 e. The van der Waals surface area contributed by atoms with Crippen molar-refractivity contribution < 1.29 is 9.53 Å². The first-order valence-corrected chi connectivity index (χ1v) is 4.99. The fraction of sp³-hybridized carbons (Fsp3) is 0.222. The number of benzene rings is 1. The summed E-state index contributed by atoms with van der Waals surface area (Å²) in [6.45, 7) is 0.197. The highest BCUT2D eigenvalue weighted by Crippen LogP contribution is 2.27. The van der Waals surface area contributed by atoms with Crippen LogP contribution in [0.25, 0.3) is 0 Å². The number of ether oxygens (including phenoxy) is 1. The average molecular weight is 254 g/mol. The number of hydrogen-bond donors (Lipinski definition) is 0. The lowest BCUT2D eigenvalue weighted by Gasteiger charge is -2.06. The van der Waals surface area contributed by atoms with Crippen molar-refractivity contribution in [1.29, 1.82) is 0 Å². The smallest absolute Gasteiger partial charge is 0.225 e. The van der Waals surface area contributed by atoms with Gasteiger partial charge in [0.25, 0.3) is 0 Å². The van der Waals surface area contributed by atoms with Gasteiger partial charge in [0, 0.05) is 11.1 Å². The Bertz CT molecular complexity index is 339. The second kappa shape index (κ2) is 5.44. The summed E-state index contributed by atoms with van der Waals surface area (Å²) < 4.78 is 5.21. The molecular formula is C9H7Cl3O2. The van der Waals surface area contributed by atoms with Crippen LogP contribution in [0, 0.1) is 0 Å². The number of hydrogen-bond acceptors (Lipinski definition) is 2. The number of rotatable bonds is 4. The minimum Gasteiger partial charge on any atom is -0.491 e. The van der Waals surface area contributed by atoms with Crippen LogP contribution in [0.4, 0.5) is 0 Å². The highest BCUT2D eigenvalue weighted by atomic mass is 35.5. The van der Waals surface area contributed by atoms with E-state index in [1.807, 2.05) is 0 Å². The zero-order valence-corrected chi connectivity index (χ0v) is 9.36. The topological polar surface area (TPSA) is 26.3 Å². The SMILES string of the molecule is O=C(Cl)CCOc1cc(Cl)ccc1Cl. The summed E-state index contributed by atoms with van der Waals surface area (Å²) in [5.74, 6) is 0.456. The van der Waals surface area contributed by atoms with Crippen molar-refractivity contribution in [1.82, 2.24) is 0 Å². The number of halogens is 3. The minimum absolute atomic E-state index is 0.143. The van der Waals surface area contributed by atoms with Crippen molar-refractivity contribution in [3.05, 3.63) is 28.2 Å². The lowest BCUT2D eigenvalue weighted by molar-refractivity contribution is -0.112. The molecule has 0 aromatic heterocycles. The van der Waals surface area contributed by atoms with Crippen molar-refractivity contribution in [2.24, 2.45) is 0 Å². The Hall–Kier alpha value is -0.440. The van der Waals surface area contributed by atoms with E-state index in [2.05, 4.69) is 0 Å². The maximum Gasteiger partial charge on any atom is 0.225 e. The summed E-state index contributed by atoms with van der Waals surface area (Å²) >= 11 is 16.7. The van der Waals surface area contributed by atoms with E-state index in [-0.39, 0.29) is 13.0 Å². The Morgan fingerprint density at radius 3 is 2.71 bits per heavy atom. The van der Waals surface area contributed by atoms with Crippen LogP contribution in [0.3, 0.4) is 0 Å². The van der Waals surface area contributed by atoms with Gasteiger partial charge < -0.3 is 4.74 Å². The van der Waals surface area contributed by atoms with Gasteiger partial charge in [-0.1, -0.05) is 23.2 Å². The van der Waals surface area contributed by atoms with E-state index in [0.717, 1.165) is 0 Å². The van der Waals surface area contributed by atoms with E-state index < -0.39 is 5.24 Å². The fourth-order valence-electron chi connectivity index (χ4n) is 0.829. The molecule has 0 fully saturated rings. The van der Waals surface area contributed by atoms with Crippen LogP contribution in [0.15, 0.2) is 18.2 Å². The van der Waals surface area contributed by atoms with Gasteiger partial charge in [-0.3, -0.25) is 4.79 Å². The molecule has 1 rings (SSSR count). The molecule has 0 aliphatic heterocycles. The van der Waals surface area contributed by atoms with Gasteiger partial charge in [-0.05, 0) is 23.7 Å². The molecule has 0 aliphatic rings. The zero-order chi connectivity index (χ0) is 10.6. The predicted octanol–water partition coefficient (Wildman–Crippen LogP) is 3.53. The standard InChI is InChI=1S/C9H7Cl3O2/c10-6-1-2-7(11)8(5-6)14-4-3-9(12)13/h1-2,5H,3-4H2. The van der Waals surface area contributed by atoms with Gasteiger partial charge in [0.15, 0.2) is 0 Å². The molecule has 14 heavy (non-hydrogen) atoms. The first kappa shape index (κ1) is 11.6. The Morgan fingerprint density at radius 2 is 2.07 bits per heavy atom. The molecule has 2 nitrogen and oxygen atoms in total. The average Bonchev–Trinajstić information content (AvgIpc) is 2.10. The van der Waals surface area contributed by atoms with Gasteiger partial charge in [0.2, 0.25) is 5.24 Å². The molecule has 0 saturated carbocycles. The third kappa shape index (κ3) is 3.74. The van der Waals surface area contributed by atoms with E-state index in [1.54, 1.807) is 18.2 Å². The van der Waals surface area contributed by atoms with Gasteiger partial charge in [0.1, 0.15) is 5.75 Å². The molecule has 0 spiro atoms. The monoisotopic (exact) mass is 252 g/mol. The molecule has 0 heterocycles. The molecule has 1 aromatic carbocycles. The second-order valence-electron chi connectivity index (χ2n) is 2.53. The van der Waals surface area contributed by atoms with E-state index in [0.29, 0.717) is 15.8 Å². The fourth-order valence-corrected chi connectivity index (χ4v) is 1.24. The highest BCUT2D eigenvalue weighted by molar-refractivity contribution is 6.63. The van der Waals surface area contributed by atoms with E-state index in [9.17, 15) is 4.79 Å². The lowest BCUT2D eigenvalue weighted by Crippen LogP contribution is -2.01.